The Labute approximate surface area is 155 Å². The molecule has 26 heavy (non-hydrogen) atoms. The van der Waals surface area contributed by atoms with Crippen molar-refractivity contribution in [1.82, 2.24) is 15.0 Å². The molecule has 0 fully saturated rings. The molecule has 1 aromatic carbocycles. The molecule has 0 unspecified atom stereocenters. The molecule has 2 heterocycles. The average Bonchev–Trinajstić information content (AvgIpc) is 3.08. The Hall–Kier alpha value is -2.80. The molecule has 1 N–H and O–H groups in total. The Morgan fingerprint density at radius 1 is 1.27 bits per heavy atom. The van der Waals surface area contributed by atoms with Gasteiger partial charge in [-0.1, -0.05) is 18.7 Å². The van der Waals surface area contributed by atoms with Crippen LogP contribution in [0.2, 0.25) is 0 Å². The van der Waals surface area contributed by atoms with Crippen molar-refractivity contribution in [1.29, 1.82) is 0 Å². The predicted molar refractivity (Wildman–Crippen MR) is 103 cm³/mol. The Morgan fingerprint density at radius 2 is 2.08 bits per heavy atom. The van der Waals surface area contributed by atoms with Crippen LogP contribution in [0.5, 0.6) is 0 Å². The summed E-state index contributed by atoms with van der Waals surface area (Å²) in [6.07, 6.45) is 4.00. The van der Waals surface area contributed by atoms with Gasteiger partial charge in [-0.3, -0.25) is 0 Å². The van der Waals surface area contributed by atoms with Crippen LogP contribution in [-0.4, -0.2) is 28.1 Å². The van der Waals surface area contributed by atoms with E-state index in [1.807, 2.05) is 6.92 Å². The van der Waals surface area contributed by atoms with Crippen LogP contribution in [-0.2, 0) is 4.74 Å². The smallest absolute Gasteiger partial charge is 0.223 e. The molecule has 5 nitrogen and oxygen atoms in total. The number of aryl methyl sites for hydroxylation is 1. The predicted octanol–water partition coefficient (Wildman–Crippen LogP) is 4.68. The van der Waals surface area contributed by atoms with Gasteiger partial charge in [0.15, 0.2) is 0 Å². The summed E-state index contributed by atoms with van der Waals surface area (Å²) in [5, 5.41) is 3.20. The quantitative estimate of drug-likeness (QED) is 0.461. The molecule has 0 radical (unpaired) electrons. The van der Waals surface area contributed by atoms with E-state index in [4.69, 9.17) is 4.74 Å². The highest BCUT2D eigenvalue weighted by Crippen LogP contribution is 2.34. The van der Waals surface area contributed by atoms with Gasteiger partial charge in [0.1, 0.15) is 5.82 Å². The van der Waals surface area contributed by atoms with Gasteiger partial charge in [-0.2, -0.15) is 0 Å². The van der Waals surface area contributed by atoms with Crippen molar-refractivity contribution >= 4 is 17.3 Å². The van der Waals surface area contributed by atoms with Gasteiger partial charge in [-0.15, -0.1) is 11.3 Å². The number of ether oxygens (including phenoxy) is 1. The molecular weight excluding hydrogens is 351 g/mol. The van der Waals surface area contributed by atoms with Crippen molar-refractivity contribution in [3.63, 3.8) is 0 Å². The van der Waals surface area contributed by atoms with E-state index in [0.29, 0.717) is 19.1 Å². The third kappa shape index (κ3) is 4.23. The minimum Gasteiger partial charge on any atom is -0.502 e. The second kappa shape index (κ2) is 8.53. The van der Waals surface area contributed by atoms with E-state index in [1.54, 1.807) is 23.8 Å². The second-order valence-corrected chi connectivity index (χ2v) is 6.40. The fourth-order valence-electron chi connectivity index (χ4n) is 2.45. The van der Waals surface area contributed by atoms with E-state index in [9.17, 15) is 4.39 Å². The fourth-order valence-corrected chi connectivity index (χ4v) is 3.26. The Kier molecular flexibility index (Phi) is 5.91. The number of benzene rings is 1. The van der Waals surface area contributed by atoms with Crippen LogP contribution in [0.15, 0.2) is 48.8 Å². The third-order valence-corrected chi connectivity index (χ3v) is 4.68. The van der Waals surface area contributed by atoms with Crippen LogP contribution in [0.25, 0.3) is 21.7 Å². The number of nitrogens with zero attached hydrogens (tertiary/aromatic N) is 3. The summed E-state index contributed by atoms with van der Waals surface area (Å²) in [7, 11) is 0. The molecular formula is C19H19FN4OS. The lowest BCUT2D eigenvalue weighted by atomic mass is 10.0. The summed E-state index contributed by atoms with van der Waals surface area (Å²) in [4.78, 5) is 14.4. The van der Waals surface area contributed by atoms with Gasteiger partial charge < -0.3 is 10.1 Å². The van der Waals surface area contributed by atoms with E-state index in [0.717, 1.165) is 33.8 Å². The summed E-state index contributed by atoms with van der Waals surface area (Å²) in [5.74, 6) is 0.266. The zero-order valence-corrected chi connectivity index (χ0v) is 15.2. The van der Waals surface area contributed by atoms with Gasteiger partial charge in [-0.05, 0) is 31.0 Å². The number of halogens is 1. The normalized spacial score (nSPS) is 10.5. The standard InChI is InChI=1S/C19H19FN4OS/c1-3-25-10-4-9-21-19-22-11-16(14-5-7-15(20)8-6-14)17(24-19)18-13(2)23-12-26-18/h3,5-8,11-12H,1,4,9-10H2,2H3,(H,21,22,24). The van der Waals surface area contributed by atoms with E-state index in [-0.39, 0.29) is 5.82 Å². The maximum atomic E-state index is 13.3. The molecule has 7 heteroatoms. The largest absolute Gasteiger partial charge is 0.502 e. The zero-order valence-electron chi connectivity index (χ0n) is 14.4. The molecule has 3 aromatic rings. The molecule has 0 spiro atoms. The first kappa shape index (κ1) is 18.0. The number of hydrogen-bond donors (Lipinski definition) is 1. The Balaban J connectivity index is 1.90. The van der Waals surface area contributed by atoms with E-state index in [2.05, 4.69) is 26.8 Å². The van der Waals surface area contributed by atoms with Crippen molar-refractivity contribution < 1.29 is 9.13 Å². The molecule has 2 aromatic heterocycles. The summed E-state index contributed by atoms with van der Waals surface area (Å²) in [5.41, 5.74) is 5.19. The molecule has 0 bridgehead atoms. The number of rotatable bonds is 8. The second-order valence-electron chi connectivity index (χ2n) is 5.55. The molecule has 0 aliphatic rings. The average molecular weight is 370 g/mol. The summed E-state index contributed by atoms with van der Waals surface area (Å²) in [6, 6.07) is 6.33. The van der Waals surface area contributed by atoms with Crippen LogP contribution < -0.4 is 5.32 Å². The molecule has 0 amide bonds. The zero-order chi connectivity index (χ0) is 18.4. The summed E-state index contributed by atoms with van der Waals surface area (Å²) < 4.78 is 18.4. The maximum Gasteiger partial charge on any atom is 0.223 e. The highest BCUT2D eigenvalue weighted by molar-refractivity contribution is 7.13. The number of anilines is 1. The number of hydrogen-bond acceptors (Lipinski definition) is 6. The fraction of sp³-hybridized carbons (Fsp3) is 0.211. The molecule has 0 aliphatic heterocycles. The van der Waals surface area contributed by atoms with Crippen LogP contribution in [0.1, 0.15) is 12.1 Å². The van der Waals surface area contributed by atoms with Crippen LogP contribution in [0.4, 0.5) is 10.3 Å². The van der Waals surface area contributed by atoms with Crippen LogP contribution in [0, 0.1) is 12.7 Å². The molecule has 0 saturated heterocycles. The highest BCUT2D eigenvalue weighted by Gasteiger charge is 2.15. The number of thiazole rings is 1. The van der Waals surface area contributed by atoms with Crippen molar-refractivity contribution in [3.8, 4) is 21.7 Å². The van der Waals surface area contributed by atoms with E-state index < -0.39 is 0 Å². The molecule has 134 valence electrons. The minimum absolute atomic E-state index is 0.273. The minimum atomic E-state index is -0.273. The van der Waals surface area contributed by atoms with Crippen molar-refractivity contribution in [3.05, 3.63) is 60.3 Å². The topological polar surface area (TPSA) is 59.9 Å². The number of nitrogens with one attached hydrogen (secondary N) is 1. The van der Waals surface area contributed by atoms with Crippen molar-refractivity contribution in [2.75, 3.05) is 18.5 Å². The Morgan fingerprint density at radius 3 is 2.77 bits per heavy atom. The van der Waals surface area contributed by atoms with Gasteiger partial charge in [-0.25, -0.2) is 19.3 Å². The lowest BCUT2D eigenvalue weighted by molar-refractivity contribution is 0.249. The van der Waals surface area contributed by atoms with E-state index in [1.165, 1.54) is 29.7 Å². The Bertz CT molecular complexity index is 880. The molecule has 0 saturated carbocycles. The summed E-state index contributed by atoms with van der Waals surface area (Å²) >= 11 is 1.52. The first-order chi connectivity index (χ1) is 12.7. The summed E-state index contributed by atoms with van der Waals surface area (Å²) in [6.45, 7) is 6.73. The molecule has 0 atom stereocenters. The molecule has 0 aliphatic carbocycles. The van der Waals surface area contributed by atoms with E-state index >= 15 is 0 Å². The lowest BCUT2D eigenvalue weighted by Crippen LogP contribution is -2.08. The lowest BCUT2D eigenvalue weighted by Gasteiger charge is -2.11. The third-order valence-electron chi connectivity index (χ3n) is 3.74. The van der Waals surface area contributed by atoms with Crippen LogP contribution in [0.3, 0.4) is 0 Å². The van der Waals surface area contributed by atoms with Crippen LogP contribution >= 0.6 is 11.3 Å². The highest BCUT2D eigenvalue weighted by atomic mass is 32.1. The maximum absolute atomic E-state index is 13.3. The SMILES string of the molecule is C=COCCCNc1ncc(-c2ccc(F)cc2)c(-c2scnc2C)n1. The first-order valence-electron chi connectivity index (χ1n) is 8.19. The van der Waals surface area contributed by atoms with Gasteiger partial charge >= 0.3 is 0 Å². The van der Waals surface area contributed by atoms with Gasteiger partial charge in [0.2, 0.25) is 5.95 Å². The van der Waals surface area contributed by atoms with Gasteiger partial charge in [0.25, 0.3) is 0 Å². The van der Waals surface area contributed by atoms with Crippen molar-refractivity contribution in [2.45, 2.75) is 13.3 Å². The van der Waals surface area contributed by atoms with Crippen molar-refractivity contribution in [2.24, 2.45) is 0 Å². The molecule has 3 rings (SSSR count). The number of aromatic nitrogens is 3. The van der Waals surface area contributed by atoms with Gasteiger partial charge in [0.05, 0.1) is 34.6 Å². The monoisotopic (exact) mass is 370 g/mol. The first-order valence-corrected chi connectivity index (χ1v) is 9.07. The van der Waals surface area contributed by atoms with Gasteiger partial charge in [0, 0.05) is 18.3 Å².